The first kappa shape index (κ1) is 8.57. The monoisotopic (exact) mass is 191 g/mol. The third-order valence-electron chi connectivity index (χ3n) is 2.34. The number of aromatic nitrogens is 1. The maximum atomic E-state index is 2.30. The molecule has 0 unspecified atom stereocenters. The van der Waals surface area contributed by atoms with Crippen LogP contribution in [-0.2, 0) is 0 Å². The Bertz CT molecular complexity index is 403. The van der Waals surface area contributed by atoms with Crippen molar-refractivity contribution in [3.05, 3.63) is 39.8 Å². The Morgan fingerprint density at radius 2 is 1.62 bits per heavy atom. The van der Waals surface area contributed by atoms with Crippen LogP contribution in [-0.4, -0.2) is 4.57 Å². The summed E-state index contributed by atoms with van der Waals surface area (Å²) in [4.78, 5) is 0. The van der Waals surface area contributed by atoms with Crippen LogP contribution >= 0.6 is 11.3 Å². The summed E-state index contributed by atoms with van der Waals surface area (Å²) < 4.78 is 2.30. The molecule has 0 amide bonds. The van der Waals surface area contributed by atoms with E-state index in [0.29, 0.717) is 0 Å². The van der Waals surface area contributed by atoms with Crippen molar-refractivity contribution in [2.45, 2.75) is 20.8 Å². The molecule has 1 nitrogen and oxygen atoms in total. The van der Waals surface area contributed by atoms with Crippen LogP contribution in [0.3, 0.4) is 0 Å². The Kier molecular flexibility index (Phi) is 2.00. The van der Waals surface area contributed by atoms with Gasteiger partial charge in [-0.2, -0.15) is 0 Å². The summed E-state index contributed by atoms with van der Waals surface area (Å²) in [5.74, 6) is 0. The van der Waals surface area contributed by atoms with Gasteiger partial charge in [-0.05, 0) is 43.8 Å². The highest BCUT2D eigenvalue weighted by Gasteiger charge is 2.06. The van der Waals surface area contributed by atoms with Crippen molar-refractivity contribution in [1.29, 1.82) is 0 Å². The van der Waals surface area contributed by atoms with E-state index in [1.54, 1.807) is 11.3 Å². The molecule has 13 heavy (non-hydrogen) atoms. The summed E-state index contributed by atoms with van der Waals surface area (Å²) >= 11 is 1.76. The first-order valence-electron chi connectivity index (χ1n) is 4.38. The van der Waals surface area contributed by atoms with Crippen LogP contribution in [0.1, 0.15) is 17.0 Å². The molecule has 0 aromatic carbocycles. The minimum atomic E-state index is 1.30. The summed E-state index contributed by atoms with van der Waals surface area (Å²) in [5.41, 5.74) is 5.29. The van der Waals surface area contributed by atoms with Gasteiger partial charge in [0, 0.05) is 16.8 Å². The first-order valence-corrected chi connectivity index (χ1v) is 5.32. The van der Waals surface area contributed by atoms with Crippen molar-refractivity contribution in [3.8, 4) is 5.69 Å². The first-order chi connectivity index (χ1) is 6.20. The van der Waals surface area contributed by atoms with Gasteiger partial charge in [0.25, 0.3) is 0 Å². The maximum Gasteiger partial charge on any atom is 0.0591 e. The summed E-state index contributed by atoms with van der Waals surface area (Å²) in [7, 11) is 0. The molecular weight excluding hydrogens is 178 g/mol. The molecule has 0 bridgehead atoms. The Hall–Kier alpha value is -1.02. The lowest BCUT2D eigenvalue weighted by molar-refractivity contribution is 0.962. The van der Waals surface area contributed by atoms with Crippen molar-refractivity contribution < 1.29 is 0 Å². The highest BCUT2D eigenvalue weighted by molar-refractivity contribution is 7.08. The molecule has 0 radical (unpaired) electrons. The van der Waals surface area contributed by atoms with E-state index >= 15 is 0 Å². The van der Waals surface area contributed by atoms with E-state index in [9.17, 15) is 0 Å². The predicted molar refractivity (Wildman–Crippen MR) is 57.9 cm³/mol. The van der Waals surface area contributed by atoms with E-state index in [4.69, 9.17) is 0 Å². The number of nitrogens with zero attached hydrogens (tertiary/aromatic N) is 1. The lowest BCUT2D eigenvalue weighted by Crippen LogP contribution is -1.98. The molecule has 0 aliphatic heterocycles. The van der Waals surface area contributed by atoms with Crippen LogP contribution in [0.5, 0.6) is 0 Å². The average molecular weight is 191 g/mol. The van der Waals surface area contributed by atoms with Gasteiger partial charge >= 0.3 is 0 Å². The number of aryl methyl sites for hydroxylation is 3. The minimum Gasteiger partial charge on any atom is -0.317 e. The van der Waals surface area contributed by atoms with E-state index in [-0.39, 0.29) is 0 Å². The predicted octanol–water partition coefficient (Wildman–Crippen LogP) is 3.46. The summed E-state index contributed by atoms with van der Waals surface area (Å²) in [6, 6.07) is 4.32. The van der Waals surface area contributed by atoms with Crippen molar-refractivity contribution in [3.63, 3.8) is 0 Å². The number of hydrogen-bond donors (Lipinski definition) is 0. The molecule has 2 aromatic rings. The van der Waals surface area contributed by atoms with Crippen LogP contribution in [0.25, 0.3) is 5.69 Å². The van der Waals surface area contributed by atoms with Crippen molar-refractivity contribution in [2.24, 2.45) is 0 Å². The number of thiophene rings is 1. The smallest absolute Gasteiger partial charge is 0.0591 e. The van der Waals surface area contributed by atoms with Crippen LogP contribution in [0, 0.1) is 20.8 Å². The molecule has 0 atom stereocenters. The Balaban J connectivity index is 2.64. The van der Waals surface area contributed by atoms with Crippen molar-refractivity contribution >= 4 is 11.3 Å². The van der Waals surface area contributed by atoms with E-state index in [1.165, 1.54) is 22.6 Å². The molecule has 0 spiro atoms. The molecule has 2 heteroatoms. The van der Waals surface area contributed by atoms with Gasteiger partial charge in [-0.3, -0.25) is 0 Å². The molecule has 2 aromatic heterocycles. The van der Waals surface area contributed by atoms with E-state index in [2.05, 4.69) is 48.2 Å². The quantitative estimate of drug-likeness (QED) is 0.650. The molecular formula is C11H13NS. The Morgan fingerprint density at radius 1 is 1.00 bits per heavy atom. The second-order valence-corrected chi connectivity index (χ2v) is 4.14. The molecule has 2 heterocycles. The molecule has 2 rings (SSSR count). The van der Waals surface area contributed by atoms with Gasteiger partial charge < -0.3 is 4.57 Å². The Labute approximate surface area is 82.6 Å². The summed E-state index contributed by atoms with van der Waals surface area (Å²) in [6.07, 6.45) is 0. The van der Waals surface area contributed by atoms with Gasteiger partial charge in [-0.1, -0.05) is 0 Å². The normalized spacial score (nSPS) is 10.7. The second-order valence-electron chi connectivity index (χ2n) is 3.39. The second kappa shape index (κ2) is 3.04. The lowest BCUT2D eigenvalue weighted by Gasteiger charge is -2.07. The zero-order valence-electron chi connectivity index (χ0n) is 8.16. The van der Waals surface area contributed by atoms with E-state index in [1.807, 2.05) is 0 Å². The van der Waals surface area contributed by atoms with Gasteiger partial charge in [0.1, 0.15) is 0 Å². The third-order valence-corrected chi connectivity index (χ3v) is 3.19. The van der Waals surface area contributed by atoms with Gasteiger partial charge in [0.2, 0.25) is 0 Å². The SMILES string of the molecule is Cc1cscc1-n1c(C)ccc1C. The van der Waals surface area contributed by atoms with E-state index < -0.39 is 0 Å². The molecule has 0 aliphatic rings. The lowest BCUT2D eigenvalue weighted by atomic mass is 10.3. The van der Waals surface area contributed by atoms with Gasteiger partial charge in [-0.15, -0.1) is 11.3 Å². The fraction of sp³-hybridized carbons (Fsp3) is 0.273. The van der Waals surface area contributed by atoms with Gasteiger partial charge in [-0.25, -0.2) is 0 Å². The molecule has 0 saturated heterocycles. The standard InChI is InChI=1S/C11H13NS/c1-8-6-13-7-11(8)12-9(2)4-5-10(12)3/h4-7H,1-3H3. The Morgan fingerprint density at radius 3 is 2.08 bits per heavy atom. The van der Waals surface area contributed by atoms with Gasteiger partial charge in [0.15, 0.2) is 0 Å². The molecule has 0 saturated carbocycles. The van der Waals surface area contributed by atoms with Crippen molar-refractivity contribution in [2.75, 3.05) is 0 Å². The summed E-state index contributed by atoms with van der Waals surface area (Å²) in [5, 5.41) is 4.39. The minimum absolute atomic E-state index is 1.30. The van der Waals surface area contributed by atoms with E-state index in [0.717, 1.165) is 0 Å². The highest BCUT2D eigenvalue weighted by Crippen LogP contribution is 2.22. The largest absolute Gasteiger partial charge is 0.317 e. The molecule has 0 aliphatic carbocycles. The number of hydrogen-bond acceptors (Lipinski definition) is 1. The van der Waals surface area contributed by atoms with Crippen molar-refractivity contribution in [1.82, 2.24) is 4.57 Å². The molecule has 0 N–H and O–H groups in total. The molecule has 68 valence electrons. The zero-order valence-corrected chi connectivity index (χ0v) is 8.98. The zero-order chi connectivity index (χ0) is 9.42. The average Bonchev–Trinajstić information content (AvgIpc) is 2.60. The highest BCUT2D eigenvalue weighted by atomic mass is 32.1. The maximum absolute atomic E-state index is 2.30. The van der Waals surface area contributed by atoms with Crippen LogP contribution in [0.4, 0.5) is 0 Å². The third kappa shape index (κ3) is 1.31. The number of rotatable bonds is 1. The summed E-state index contributed by atoms with van der Waals surface area (Å²) in [6.45, 7) is 6.44. The van der Waals surface area contributed by atoms with Crippen LogP contribution in [0.15, 0.2) is 22.9 Å². The van der Waals surface area contributed by atoms with Gasteiger partial charge in [0.05, 0.1) is 5.69 Å². The van der Waals surface area contributed by atoms with Crippen LogP contribution < -0.4 is 0 Å². The molecule has 0 fully saturated rings. The topological polar surface area (TPSA) is 4.93 Å². The van der Waals surface area contributed by atoms with Crippen LogP contribution in [0.2, 0.25) is 0 Å². The fourth-order valence-corrected chi connectivity index (χ4v) is 2.44. The fourth-order valence-electron chi connectivity index (χ4n) is 1.63.